The monoisotopic (exact) mass is 254 g/mol. The number of carbonyl (C=O) groups is 1. The molecule has 6 heteroatoms. The number of sulfonamides is 1. The summed E-state index contributed by atoms with van der Waals surface area (Å²) in [6.07, 6.45) is 4.37. The first-order valence-corrected chi connectivity index (χ1v) is 7.02. The maximum absolute atomic E-state index is 11.1. The average Bonchev–Trinajstić information content (AvgIpc) is 2.29. The van der Waals surface area contributed by atoms with Gasteiger partial charge in [-0.3, -0.25) is 4.79 Å². The maximum Gasteiger partial charge on any atom is 0.255 e. The molecule has 5 nitrogen and oxygen atoms in total. The standard InChI is InChI=1S/C11H14N2O3S/c12-17(15,16)11-6-3-9(7-13-11)8-1-4-10(14)5-2-8/h3,6-8H,1-2,4-5H2,(H2,12,15,16). The normalized spacial score (nSPS) is 18.3. The van der Waals surface area contributed by atoms with Gasteiger partial charge in [0.15, 0.2) is 5.03 Å². The molecule has 1 heterocycles. The zero-order valence-electron chi connectivity index (χ0n) is 9.30. The number of aromatic nitrogens is 1. The van der Waals surface area contributed by atoms with Crippen LogP contribution in [0.15, 0.2) is 23.4 Å². The van der Waals surface area contributed by atoms with Crippen molar-refractivity contribution >= 4 is 15.8 Å². The van der Waals surface area contributed by atoms with Crippen LogP contribution in [0.25, 0.3) is 0 Å². The summed E-state index contributed by atoms with van der Waals surface area (Å²) in [5.74, 6) is 0.602. The van der Waals surface area contributed by atoms with Gasteiger partial charge in [-0.15, -0.1) is 0 Å². The number of nitrogens with zero attached hydrogens (tertiary/aromatic N) is 1. The summed E-state index contributed by atoms with van der Waals surface area (Å²) in [4.78, 5) is 15.0. The van der Waals surface area contributed by atoms with Crippen LogP contribution in [0.4, 0.5) is 0 Å². The van der Waals surface area contributed by atoms with Crippen LogP contribution < -0.4 is 5.14 Å². The van der Waals surface area contributed by atoms with E-state index in [4.69, 9.17) is 5.14 Å². The lowest BCUT2D eigenvalue weighted by molar-refractivity contribution is -0.120. The van der Waals surface area contributed by atoms with E-state index in [2.05, 4.69) is 4.98 Å². The molecule has 0 spiro atoms. The summed E-state index contributed by atoms with van der Waals surface area (Å²) in [5.41, 5.74) is 0.977. The molecule has 1 aromatic heterocycles. The Morgan fingerprint density at radius 3 is 2.35 bits per heavy atom. The Hall–Kier alpha value is -1.27. The SMILES string of the molecule is NS(=O)(=O)c1ccc(C2CCC(=O)CC2)cn1. The van der Waals surface area contributed by atoms with E-state index in [9.17, 15) is 13.2 Å². The predicted octanol–water partition coefficient (Wildman–Crippen LogP) is 0.956. The minimum absolute atomic E-state index is 0.117. The first-order chi connectivity index (χ1) is 7.97. The first-order valence-electron chi connectivity index (χ1n) is 5.47. The highest BCUT2D eigenvalue weighted by atomic mass is 32.2. The van der Waals surface area contributed by atoms with Crippen LogP contribution in [0.1, 0.15) is 37.2 Å². The van der Waals surface area contributed by atoms with Gasteiger partial charge in [0.25, 0.3) is 10.0 Å². The van der Waals surface area contributed by atoms with Crippen molar-refractivity contribution in [1.29, 1.82) is 0 Å². The van der Waals surface area contributed by atoms with Crippen molar-refractivity contribution in [2.45, 2.75) is 36.6 Å². The van der Waals surface area contributed by atoms with Crippen molar-refractivity contribution < 1.29 is 13.2 Å². The molecule has 1 fully saturated rings. The molecule has 0 bridgehead atoms. The summed E-state index contributed by atoms with van der Waals surface area (Å²) in [7, 11) is -3.72. The Kier molecular flexibility index (Phi) is 3.26. The summed E-state index contributed by atoms with van der Waals surface area (Å²) < 4.78 is 22.1. The molecule has 0 aromatic carbocycles. The summed E-state index contributed by atoms with van der Waals surface area (Å²) in [6, 6.07) is 3.15. The maximum atomic E-state index is 11.1. The molecule has 0 unspecified atom stereocenters. The van der Waals surface area contributed by atoms with E-state index in [1.807, 2.05) is 0 Å². The number of rotatable bonds is 2. The number of carbonyl (C=O) groups excluding carboxylic acids is 1. The topological polar surface area (TPSA) is 90.1 Å². The van der Waals surface area contributed by atoms with E-state index in [-0.39, 0.29) is 5.03 Å². The Bertz CT molecular complexity index is 512. The van der Waals surface area contributed by atoms with Gasteiger partial charge in [-0.2, -0.15) is 0 Å². The lowest BCUT2D eigenvalue weighted by Crippen LogP contribution is -2.15. The molecule has 1 aliphatic carbocycles. The lowest BCUT2D eigenvalue weighted by atomic mass is 9.84. The quantitative estimate of drug-likeness (QED) is 0.851. The zero-order chi connectivity index (χ0) is 12.5. The number of pyridine rings is 1. The third-order valence-corrected chi connectivity index (χ3v) is 3.89. The second-order valence-corrected chi connectivity index (χ2v) is 5.80. The Labute approximate surface area is 100 Å². The average molecular weight is 254 g/mol. The first kappa shape index (κ1) is 12.2. The zero-order valence-corrected chi connectivity index (χ0v) is 10.1. The van der Waals surface area contributed by atoms with Gasteiger partial charge in [0.2, 0.25) is 0 Å². The third kappa shape index (κ3) is 2.89. The molecule has 1 saturated carbocycles. The highest BCUT2D eigenvalue weighted by Gasteiger charge is 2.20. The molecular formula is C11H14N2O3S. The van der Waals surface area contributed by atoms with Crippen LogP contribution in [0.2, 0.25) is 0 Å². The fraction of sp³-hybridized carbons (Fsp3) is 0.455. The van der Waals surface area contributed by atoms with Crippen LogP contribution in [-0.4, -0.2) is 19.2 Å². The van der Waals surface area contributed by atoms with Gasteiger partial charge in [-0.25, -0.2) is 18.5 Å². The van der Waals surface area contributed by atoms with Gasteiger partial charge in [-0.05, 0) is 30.4 Å². The molecule has 0 atom stereocenters. The number of nitrogens with two attached hydrogens (primary N) is 1. The highest BCUT2D eigenvalue weighted by molar-refractivity contribution is 7.89. The Morgan fingerprint density at radius 1 is 1.24 bits per heavy atom. The lowest BCUT2D eigenvalue weighted by Gasteiger charge is -2.20. The number of hydrogen-bond donors (Lipinski definition) is 1. The molecule has 2 N–H and O–H groups in total. The van der Waals surface area contributed by atoms with E-state index in [1.165, 1.54) is 6.07 Å². The van der Waals surface area contributed by atoms with Gasteiger partial charge < -0.3 is 0 Å². The van der Waals surface area contributed by atoms with E-state index in [0.717, 1.165) is 18.4 Å². The van der Waals surface area contributed by atoms with E-state index >= 15 is 0 Å². The van der Waals surface area contributed by atoms with E-state index in [1.54, 1.807) is 12.3 Å². The van der Waals surface area contributed by atoms with Crippen LogP contribution in [0.5, 0.6) is 0 Å². The smallest absolute Gasteiger partial charge is 0.255 e. The van der Waals surface area contributed by atoms with Crippen LogP contribution >= 0.6 is 0 Å². The molecule has 1 aliphatic rings. The van der Waals surface area contributed by atoms with Crippen LogP contribution in [0.3, 0.4) is 0 Å². The van der Waals surface area contributed by atoms with Crippen LogP contribution in [0, 0.1) is 0 Å². The van der Waals surface area contributed by atoms with Crippen molar-refractivity contribution in [3.63, 3.8) is 0 Å². The predicted molar refractivity (Wildman–Crippen MR) is 61.8 cm³/mol. The van der Waals surface area contributed by atoms with Crippen LogP contribution in [-0.2, 0) is 14.8 Å². The second-order valence-electron chi connectivity index (χ2n) is 4.29. The summed E-state index contributed by atoms with van der Waals surface area (Å²) in [5, 5.41) is 4.85. The minimum atomic E-state index is -3.72. The largest absolute Gasteiger partial charge is 0.300 e. The Morgan fingerprint density at radius 2 is 1.88 bits per heavy atom. The number of Topliss-reactive ketones (excluding diaryl/α,β-unsaturated/α-hetero) is 1. The summed E-state index contributed by atoms with van der Waals surface area (Å²) >= 11 is 0. The number of primary sulfonamides is 1. The molecule has 0 aliphatic heterocycles. The molecule has 0 saturated heterocycles. The van der Waals surface area contributed by atoms with Gasteiger partial charge in [-0.1, -0.05) is 6.07 Å². The third-order valence-electron chi connectivity index (χ3n) is 3.07. The molecule has 2 rings (SSSR count). The number of ketones is 1. The van der Waals surface area contributed by atoms with Crippen molar-refractivity contribution in [3.05, 3.63) is 23.9 Å². The number of hydrogen-bond acceptors (Lipinski definition) is 4. The molecule has 17 heavy (non-hydrogen) atoms. The molecule has 0 amide bonds. The van der Waals surface area contributed by atoms with E-state index in [0.29, 0.717) is 24.5 Å². The Balaban J connectivity index is 2.16. The van der Waals surface area contributed by atoms with Crippen molar-refractivity contribution in [2.75, 3.05) is 0 Å². The summed E-state index contributed by atoms with van der Waals surface area (Å²) in [6.45, 7) is 0. The van der Waals surface area contributed by atoms with Gasteiger partial charge in [0.05, 0.1) is 0 Å². The molecular weight excluding hydrogens is 240 g/mol. The van der Waals surface area contributed by atoms with Gasteiger partial charge in [0.1, 0.15) is 5.78 Å². The fourth-order valence-corrected chi connectivity index (χ4v) is 2.53. The van der Waals surface area contributed by atoms with Crippen molar-refractivity contribution in [2.24, 2.45) is 5.14 Å². The fourth-order valence-electron chi connectivity index (χ4n) is 2.07. The minimum Gasteiger partial charge on any atom is -0.300 e. The molecule has 0 radical (unpaired) electrons. The van der Waals surface area contributed by atoms with Crippen molar-refractivity contribution in [3.8, 4) is 0 Å². The van der Waals surface area contributed by atoms with Gasteiger partial charge in [0, 0.05) is 19.0 Å². The van der Waals surface area contributed by atoms with Gasteiger partial charge >= 0.3 is 0 Å². The van der Waals surface area contributed by atoms with E-state index < -0.39 is 10.0 Å². The second kappa shape index (κ2) is 4.54. The van der Waals surface area contributed by atoms with Crippen molar-refractivity contribution in [1.82, 2.24) is 4.98 Å². The molecule has 1 aromatic rings. The highest BCUT2D eigenvalue weighted by Crippen LogP contribution is 2.30. The molecule has 92 valence electrons.